The summed E-state index contributed by atoms with van der Waals surface area (Å²) in [4.78, 5) is 11.9. The first-order valence-electron chi connectivity index (χ1n) is 5.37. The topological polar surface area (TPSA) is 20.3 Å². The molecule has 1 unspecified atom stereocenters. The molecule has 0 fully saturated rings. The van der Waals surface area contributed by atoms with Crippen LogP contribution in [0.15, 0.2) is 24.3 Å². The molecule has 1 amide bonds. The van der Waals surface area contributed by atoms with Crippen LogP contribution in [0.4, 0.5) is 17.6 Å². The maximum atomic E-state index is 13.0. The van der Waals surface area contributed by atoms with Crippen LogP contribution in [0.1, 0.15) is 18.5 Å². The maximum absolute atomic E-state index is 13.0. The number of hydrogen-bond acceptors (Lipinski definition) is 1. The Labute approximate surface area is 113 Å². The molecule has 0 heterocycles. The highest BCUT2D eigenvalue weighted by Gasteiger charge is 2.51. The predicted molar refractivity (Wildman–Crippen MR) is 63.6 cm³/mol. The second kappa shape index (κ2) is 5.77. The van der Waals surface area contributed by atoms with E-state index in [1.807, 2.05) is 0 Å². The third-order valence-electron chi connectivity index (χ3n) is 2.82. The smallest absolute Gasteiger partial charge is 0.334 e. The highest BCUT2D eigenvalue weighted by molar-refractivity contribution is 6.31. The van der Waals surface area contributed by atoms with Crippen molar-refractivity contribution in [3.8, 4) is 0 Å². The predicted octanol–water partition coefficient (Wildman–Crippen LogP) is 3.76. The van der Waals surface area contributed by atoms with Crippen LogP contribution >= 0.6 is 11.6 Å². The molecule has 0 saturated heterocycles. The Morgan fingerprint density at radius 2 is 1.84 bits per heavy atom. The standard InChI is InChI=1S/C12H12ClF4NO/c1-7(8-5-3-4-6-9(8)13)18(2)11(19)12(16,17)10(14)15/h3-7,10H,1-2H3. The van der Waals surface area contributed by atoms with E-state index in [9.17, 15) is 22.4 Å². The molecule has 0 aliphatic carbocycles. The van der Waals surface area contributed by atoms with Crippen molar-refractivity contribution in [2.75, 3.05) is 7.05 Å². The van der Waals surface area contributed by atoms with E-state index >= 15 is 0 Å². The maximum Gasteiger partial charge on any atom is 0.383 e. The fourth-order valence-corrected chi connectivity index (χ4v) is 1.82. The molecular formula is C12H12ClF4NO. The molecular weight excluding hydrogens is 286 g/mol. The summed E-state index contributed by atoms with van der Waals surface area (Å²) in [7, 11) is 1.03. The SMILES string of the molecule is CC(c1ccccc1Cl)N(C)C(=O)C(F)(F)C(F)F. The van der Waals surface area contributed by atoms with Gasteiger partial charge in [-0.15, -0.1) is 0 Å². The lowest BCUT2D eigenvalue weighted by Crippen LogP contribution is -2.46. The Hall–Kier alpha value is -1.30. The van der Waals surface area contributed by atoms with Gasteiger partial charge in [0.15, 0.2) is 0 Å². The van der Waals surface area contributed by atoms with Crippen LogP contribution < -0.4 is 0 Å². The minimum absolute atomic E-state index is 0.273. The van der Waals surface area contributed by atoms with Crippen molar-refractivity contribution in [1.29, 1.82) is 0 Å². The van der Waals surface area contributed by atoms with Crippen molar-refractivity contribution in [2.45, 2.75) is 25.3 Å². The van der Waals surface area contributed by atoms with E-state index in [-0.39, 0.29) is 5.02 Å². The second-order valence-corrected chi connectivity index (χ2v) is 4.44. The second-order valence-electron chi connectivity index (χ2n) is 4.04. The number of carbonyl (C=O) groups is 1. The number of nitrogens with zero attached hydrogens (tertiary/aromatic N) is 1. The molecule has 0 aliphatic heterocycles. The molecule has 1 aromatic carbocycles. The average Bonchev–Trinajstić information content (AvgIpc) is 2.36. The van der Waals surface area contributed by atoms with Crippen LogP contribution in [0, 0.1) is 0 Å². The molecule has 0 N–H and O–H groups in total. The Morgan fingerprint density at radius 1 is 1.32 bits per heavy atom. The molecule has 0 aromatic heterocycles. The van der Waals surface area contributed by atoms with Gasteiger partial charge < -0.3 is 4.90 Å². The highest BCUT2D eigenvalue weighted by Crippen LogP contribution is 2.31. The first kappa shape index (κ1) is 15.8. The lowest BCUT2D eigenvalue weighted by molar-refractivity contribution is -0.181. The van der Waals surface area contributed by atoms with Gasteiger partial charge in [0.25, 0.3) is 5.91 Å². The van der Waals surface area contributed by atoms with Gasteiger partial charge >= 0.3 is 12.3 Å². The van der Waals surface area contributed by atoms with E-state index in [1.165, 1.54) is 19.1 Å². The van der Waals surface area contributed by atoms with Gasteiger partial charge in [-0.25, -0.2) is 8.78 Å². The Kier molecular flexibility index (Phi) is 4.79. The summed E-state index contributed by atoms with van der Waals surface area (Å²) in [5.41, 5.74) is 0.407. The van der Waals surface area contributed by atoms with Crippen molar-refractivity contribution >= 4 is 17.5 Å². The summed E-state index contributed by atoms with van der Waals surface area (Å²) in [5.74, 6) is -6.64. The summed E-state index contributed by atoms with van der Waals surface area (Å²) < 4.78 is 50.3. The first-order valence-corrected chi connectivity index (χ1v) is 5.75. The molecule has 0 bridgehead atoms. The van der Waals surface area contributed by atoms with E-state index in [2.05, 4.69) is 0 Å². The zero-order valence-corrected chi connectivity index (χ0v) is 11.0. The molecule has 2 nitrogen and oxygen atoms in total. The largest absolute Gasteiger partial charge is 0.383 e. The van der Waals surface area contributed by atoms with Crippen molar-refractivity contribution < 1.29 is 22.4 Å². The number of halogens is 5. The van der Waals surface area contributed by atoms with Gasteiger partial charge in [-0.1, -0.05) is 29.8 Å². The lowest BCUT2D eigenvalue weighted by atomic mass is 10.1. The molecule has 1 atom stereocenters. The number of hydrogen-bond donors (Lipinski definition) is 0. The van der Waals surface area contributed by atoms with Crippen LogP contribution in [0.3, 0.4) is 0 Å². The monoisotopic (exact) mass is 297 g/mol. The fourth-order valence-electron chi connectivity index (χ4n) is 1.53. The van der Waals surface area contributed by atoms with Crippen LogP contribution in [-0.2, 0) is 4.79 Å². The minimum Gasteiger partial charge on any atom is -0.334 e. The van der Waals surface area contributed by atoms with Gasteiger partial charge in [0.05, 0.1) is 6.04 Å². The molecule has 19 heavy (non-hydrogen) atoms. The molecule has 0 radical (unpaired) electrons. The quantitative estimate of drug-likeness (QED) is 0.775. The minimum atomic E-state index is -4.70. The summed E-state index contributed by atoms with van der Waals surface area (Å²) >= 11 is 5.87. The first-order chi connectivity index (χ1) is 8.69. The number of rotatable bonds is 4. The van der Waals surface area contributed by atoms with Crippen LogP contribution in [0.25, 0.3) is 0 Å². The van der Waals surface area contributed by atoms with Gasteiger partial charge in [0, 0.05) is 12.1 Å². The number of amides is 1. The summed E-state index contributed by atoms with van der Waals surface area (Å²) in [6, 6.07) is 5.47. The summed E-state index contributed by atoms with van der Waals surface area (Å²) in [6.07, 6.45) is -4.04. The number of benzene rings is 1. The third-order valence-corrected chi connectivity index (χ3v) is 3.16. The Balaban J connectivity index is 2.98. The Bertz CT molecular complexity index is 467. The van der Waals surface area contributed by atoms with Gasteiger partial charge in [-0.05, 0) is 18.6 Å². The van der Waals surface area contributed by atoms with Crippen LogP contribution in [0.2, 0.25) is 5.02 Å². The van der Waals surface area contributed by atoms with Crippen LogP contribution in [-0.4, -0.2) is 30.2 Å². The molecule has 106 valence electrons. The molecule has 0 saturated carbocycles. The van der Waals surface area contributed by atoms with Gasteiger partial charge in [0.2, 0.25) is 0 Å². The summed E-state index contributed by atoms with van der Waals surface area (Å²) in [5, 5.41) is 0.273. The van der Waals surface area contributed by atoms with E-state index < -0.39 is 24.3 Å². The van der Waals surface area contributed by atoms with Gasteiger partial charge in [-0.3, -0.25) is 4.79 Å². The lowest BCUT2D eigenvalue weighted by Gasteiger charge is -2.29. The van der Waals surface area contributed by atoms with E-state index in [1.54, 1.807) is 12.1 Å². The molecule has 1 rings (SSSR count). The van der Waals surface area contributed by atoms with Crippen LogP contribution in [0.5, 0.6) is 0 Å². The van der Waals surface area contributed by atoms with Crippen molar-refractivity contribution in [3.05, 3.63) is 34.9 Å². The zero-order chi connectivity index (χ0) is 14.8. The third kappa shape index (κ3) is 3.18. The normalized spacial score (nSPS) is 13.5. The van der Waals surface area contributed by atoms with Gasteiger partial charge in [-0.2, -0.15) is 8.78 Å². The summed E-state index contributed by atoms with van der Waals surface area (Å²) in [6.45, 7) is 1.43. The number of alkyl halides is 4. The van der Waals surface area contributed by atoms with Crippen molar-refractivity contribution in [1.82, 2.24) is 4.90 Å². The fraction of sp³-hybridized carbons (Fsp3) is 0.417. The Morgan fingerprint density at radius 3 is 2.32 bits per heavy atom. The molecule has 0 aliphatic rings. The van der Waals surface area contributed by atoms with Crippen molar-refractivity contribution in [3.63, 3.8) is 0 Å². The van der Waals surface area contributed by atoms with E-state index in [4.69, 9.17) is 11.6 Å². The zero-order valence-electron chi connectivity index (χ0n) is 10.2. The van der Waals surface area contributed by atoms with E-state index in [0.717, 1.165) is 7.05 Å². The highest BCUT2D eigenvalue weighted by atomic mass is 35.5. The van der Waals surface area contributed by atoms with Gasteiger partial charge in [0.1, 0.15) is 0 Å². The number of carbonyl (C=O) groups excluding carboxylic acids is 1. The molecule has 1 aromatic rings. The van der Waals surface area contributed by atoms with Crippen molar-refractivity contribution in [2.24, 2.45) is 0 Å². The average molecular weight is 298 g/mol. The van der Waals surface area contributed by atoms with E-state index in [0.29, 0.717) is 10.5 Å². The molecule has 7 heteroatoms. The molecule has 0 spiro atoms.